The SMILES string of the molecule is c1ccc(-c2ccc3c(c2)c2cc(-c4ccccc4)ccc2n3-c2cc(-c3nc(-c4ccccc4)nc(-c4ccccc4)n3)cc(-n3c4ccc(-c5ccccc5)cc4c4cc(-c5ccccc5)ccc43)c2-n2c3ccc(-n4c5ccccc5c5ccccc54)cc3c3cc(-n4c5ccccc5c5ccccc54)ccc32)cc1. The Morgan fingerprint density at radius 2 is 0.372 bits per heavy atom. The van der Waals surface area contributed by atoms with Gasteiger partial charge in [0.1, 0.15) is 0 Å². The van der Waals surface area contributed by atoms with Crippen LogP contribution < -0.4 is 0 Å². The molecule has 0 fully saturated rings. The van der Waals surface area contributed by atoms with Crippen molar-refractivity contribution in [1.82, 2.24) is 37.8 Å². The van der Waals surface area contributed by atoms with E-state index in [-0.39, 0.29) is 0 Å². The lowest BCUT2D eigenvalue weighted by atomic mass is 10.0. The third-order valence-corrected chi connectivity index (χ3v) is 23.1. The quantitative estimate of drug-likeness (QED) is 0.122. The molecule has 17 aromatic carbocycles. The van der Waals surface area contributed by atoms with Gasteiger partial charge in [0.25, 0.3) is 0 Å². The summed E-state index contributed by atoms with van der Waals surface area (Å²) in [5, 5.41) is 11.4. The first-order chi connectivity index (χ1) is 56.0. The van der Waals surface area contributed by atoms with Crippen molar-refractivity contribution >= 4 is 109 Å². The van der Waals surface area contributed by atoms with Gasteiger partial charge >= 0.3 is 0 Å². The van der Waals surface area contributed by atoms with Crippen LogP contribution in [0.2, 0.25) is 0 Å². The van der Waals surface area contributed by atoms with Gasteiger partial charge in [-0.25, -0.2) is 15.0 Å². The van der Waals surface area contributed by atoms with Crippen molar-refractivity contribution in [3.63, 3.8) is 0 Å². The molecular formula is C105H66N8. The largest absolute Gasteiger partial charge is 0.309 e. The second kappa shape index (κ2) is 25.7. The summed E-state index contributed by atoms with van der Waals surface area (Å²) < 4.78 is 12.6. The lowest BCUT2D eigenvalue weighted by Crippen LogP contribution is -2.11. The molecule has 0 aliphatic carbocycles. The minimum atomic E-state index is 0.526. The van der Waals surface area contributed by atoms with Crippen molar-refractivity contribution in [2.75, 3.05) is 0 Å². The van der Waals surface area contributed by atoms with Crippen molar-refractivity contribution in [2.45, 2.75) is 0 Å². The van der Waals surface area contributed by atoms with Crippen molar-refractivity contribution in [3.05, 3.63) is 400 Å². The summed E-state index contributed by atoms with van der Waals surface area (Å²) in [6.07, 6.45) is 0. The highest BCUT2D eigenvalue weighted by Crippen LogP contribution is 2.49. The van der Waals surface area contributed by atoms with E-state index >= 15 is 0 Å². The normalized spacial score (nSPS) is 11.9. The Balaban J connectivity index is 0.920. The van der Waals surface area contributed by atoms with Gasteiger partial charge in [0.05, 0.1) is 72.2 Å². The van der Waals surface area contributed by atoms with Crippen LogP contribution in [0.4, 0.5) is 0 Å². The van der Waals surface area contributed by atoms with Gasteiger partial charge in [0, 0.05) is 81.9 Å². The minimum Gasteiger partial charge on any atom is -0.309 e. The van der Waals surface area contributed by atoms with Crippen molar-refractivity contribution in [2.24, 2.45) is 0 Å². The number of benzene rings is 17. The van der Waals surface area contributed by atoms with Crippen LogP contribution in [0.3, 0.4) is 0 Å². The first-order valence-corrected chi connectivity index (χ1v) is 38.6. The first kappa shape index (κ1) is 63.8. The summed E-state index contributed by atoms with van der Waals surface area (Å²) in [7, 11) is 0. The Morgan fingerprint density at radius 1 is 0.142 bits per heavy atom. The summed E-state index contributed by atoms with van der Waals surface area (Å²) in [4.78, 5) is 16.7. The number of rotatable bonds is 12. The maximum absolute atomic E-state index is 5.67. The summed E-state index contributed by atoms with van der Waals surface area (Å²) >= 11 is 0. The molecule has 0 radical (unpaired) electrons. The van der Waals surface area contributed by atoms with E-state index in [0.29, 0.717) is 17.5 Å². The van der Waals surface area contributed by atoms with Gasteiger partial charge in [-0.2, -0.15) is 0 Å². The monoisotopic (exact) mass is 1440 g/mol. The highest BCUT2D eigenvalue weighted by molar-refractivity contribution is 6.18. The summed E-state index contributed by atoms with van der Waals surface area (Å²) in [5.41, 5.74) is 27.2. The molecule has 0 saturated carbocycles. The number of aromatic nitrogens is 8. The fraction of sp³-hybridized carbons (Fsp3) is 0. The highest BCUT2D eigenvalue weighted by Gasteiger charge is 2.30. The zero-order valence-corrected chi connectivity index (χ0v) is 61.2. The molecule has 0 unspecified atom stereocenters. The third-order valence-electron chi connectivity index (χ3n) is 23.1. The zero-order chi connectivity index (χ0) is 74.2. The maximum Gasteiger partial charge on any atom is 0.164 e. The average Bonchev–Trinajstić information content (AvgIpc) is 1.55. The lowest BCUT2D eigenvalue weighted by molar-refractivity contribution is 1.04. The zero-order valence-electron chi connectivity index (χ0n) is 61.2. The van der Waals surface area contributed by atoms with Gasteiger partial charge in [-0.3, -0.25) is 0 Å². The van der Waals surface area contributed by atoms with Crippen LogP contribution in [0.15, 0.2) is 400 Å². The number of para-hydroxylation sites is 4. The standard InChI is InChI=1S/C105H66N8/c1-7-27-67(28-8-1)73-47-53-94-84(59-73)85-60-74(68-29-9-2-10-30-68)48-54-95(85)111(94)100-63-77(105-107-103(71-35-15-5-16-36-71)106-104(108-105)72-37-17-6-18-38-72)64-101(112-96-55-49-75(69-31-11-3-12-32-69)61-86(96)87-62-76(50-56-97(87)112)70-33-13-4-14-34-70)102(100)113-98-57-51-78(109-90-43-23-19-39-80(90)81-40-20-24-44-91(81)109)65-88(98)89-66-79(52-58-99(89)113)110-92-45-25-21-41-82(92)83-42-22-26-46-93(83)110/h1-66H. The summed E-state index contributed by atoms with van der Waals surface area (Å²) in [6, 6.07) is 146. The molecule has 6 heterocycles. The van der Waals surface area contributed by atoms with E-state index in [1.165, 1.54) is 21.5 Å². The van der Waals surface area contributed by atoms with E-state index in [0.717, 1.165) is 177 Å². The topological polar surface area (TPSA) is 63.3 Å². The van der Waals surface area contributed by atoms with E-state index < -0.39 is 0 Å². The van der Waals surface area contributed by atoms with Crippen LogP contribution in [0.5, 0.6) is 0 Å². The van der Waals surface area contributed by atoms with Crippen LogP contribution >= 0.6 is 0 Å². The fourth-order valence-corrected chi connectivity index (χ4v) is 18.0. The second-order valence-corrected chi connectivity index (χ2v) is 29.4. The van der Waals surface area contributed by atoms with E-state index in [9.17, 15) is 0 Å². The molecule has 0 bridgehead atoms. The van der Waals surface area contributed by atoms with Gasteiger partial charge < -0.3 is 22.8 Å². The number of nitrogens with zero attached hydrogens (tertiary/aromatic N) is 8. The van der Waals surface area contributed by atoms with Crippen LogP contribution in [0.1, 0.15) is 0 Å². The average molecular weight is 1440 g/mol. The van der Waals surface area contributed by atoms with Crippen molar-refractivity contribution < 1.29 is 0 Å². The molecule has 23 aromatic rings. The first-order valence-electron chi connectivity index (χ1n) is 38.6. The van der Waals surface area contributed by atoms with Crippen LogP contribution in [0.25, 0.3) is 216 Å². The number of hydrogen-bond donors (Lipinski definition) is 0. The molecule has 526 valence electrons. The van der Waals surface area contributed by atoms with Crippen LogP contribution in [-0.4, -0.2) is 37.8 Å². The fourth-order valence-electron chi connectivity index (χ4n) is 18.0. The Bertz CT molecular complexity index is 7010. The third kappa shape index (κ3) is 10.3. The molecule has 0 spiro atoms. The molecule has 8 nitrogen and oxygen atoms in total. The molecule has 0 aliphatic rings. The van der Waals surface area contributed by atoms with Crippen molar-refractivity contribution in [3.8, 4) is 107 Å². The second-order valence-electron chi connectivity index (χ2n) is 29.4. The number of fused-ring (bicyclic) bond motifs is 15. The predicted molar refractivity (Wildman–Crippen MR) is 470 cm³/mol. The van der Waals surface area contributed by atoms with E-state index in [1.54, 1.807) is 0 Å². The van der Waals surface area contributed by atoms with E-state index in [4.69, 9.17) is 15.0 Å². The minimum absolute atomic E-state index is 0.526. The molecule has 6 aromatic heterocycles. The molecule has 0 atom stereocenters. The van der Waals surface area contributed by atoms with Gasteiger partial charge in [0.15, 0.2) is 17.5 Å². The van der Waals surface area contributed by atoms with Gasteiger partial charge in [0.2, 0.25) is 0 Å². The molecule has 23 rings (SSSR count). The Morgan fingerprint density at radius 3 is 0.673 bits per heavy atom. The summed E-state index contributed by atoms with van der Waals surface area (Å²) in [5.74, 6) is 1.66. The lowest BCUT2D eigenvalue weighted by Gasteiger charge is -2.24. The van der Waals surface area contributed by atoms with Crippen molar-refractivity contribution in [1.29, 1.82) is 0 Å². The number of hydrogen-bond acceptors (Lipinski definition) is 3. The van der Waals surface area contributed by atoms with Gasteiger partial charge in [-0.15, -0.1) is 0 Å². The molecule has 0 N–H and O–H groups in total. The van der Waals surface area contributed by atoms with E-state index in [1.807, 2.05) is 12.1 Å². The van der Waals surface area contributed by atoms with Gasteiger partial charge in [-0.05, 0) is 166 Å². The molecule has 0 amide bonds. The van der Waals surface area contributed by atoms with Gasteiger partial charge in [-0.1, -0.05) is 279 Å². The Labute approximate surface area is 650 Å². The Kier molecular flexibility index (Phi) is 14.5. The molecular weight excluding hydrogens is 1370 g/mol. The Hall–Kier alpha value is -15.3. The van der Waals surface area contributed by atoms with Crippen LogP contribution in [0, 0.1) is 0 Å². The maximum atomic E-state index is 5.67. The molecule has 113 heavy (non-hydrogen) atoms. The van der Waals surface area contributed by atoms with Crippen LogP contribution in [-0.2, 0) is 0 Å². The smallest absolute Gasteiger partial charge is 0.164 e. The predicted octanol–water partition coefficient (Wildman–Crippen LogP) is 27.0. The summed E-state index contributed by atoms with van der Waals surface area (Å²) in [6.45, 7) is 0. The highest BCUT2D eigenvalue weighted by atomic mass is 15.1. The molecule has 8 heteroatoms. The molecule has 0 aliphatic heterocycles. The van der Waals surface area contributed by atoms with E-state index in [2.05, 4.69) is 411 Å². The molecule has 0 saturated heterocycles.